The highest BCUT2D eigenvalue weighted by atomic mass is 35.5. The van der Waals surface area contributed by atoms with Gasteiger partial charge < -0.3 is 9.80 Å². The van der Waals surface area contributed by atoms with Crippen molar-refractivity contribution in [1.82, 2.24) is 0 Å². The highest BCUT2D eigenvalue weighted by molar-refractivity contribution is 7.20. The van der Waals surface area contributed by atoms with E-state index >= 15 is 0 Å². The lowest BCUT2D eigenvalue weighted by Gasteiger charge is -2.26. The van der Waals surface area contributed by atoms with E-state index in [1.807, 2.05) is 159 Å². The normalized spacial score (nSPS) is 14.3. The van der Waals surface area contributed by atoms with Crippen LogP contribution in [0.2, 0.25) is 5.02 Å². The number of fused-ring (bicyclic) bond motifs is 1. The van der Waals surface area contributed by atoms with Crippen molar-refractivity contribution in [2.45, 2.75) is 52.4 Å². The Morgan fingerprint density at radius 1 is 0.325 bits per heavy atom. The van der Waals surface area contributed by atoms with Crippen molar-refractivity contribution in [1.29, 1.82) is 0 Å². The zero-order valence-corrected chi connectivity index (χ0v) is 45.2. The number of piperidine rings is 2. The summed E-state index contributed by atoms with van der Waals surface area (Å²) < 4.78 is 0. The Kier molecular flexibility index (Phi) is 17.6. The lowest BCUT2D eigenvalue weighted by Crippen LogP contribution is -2.28. The highest BCUT2D eigenvalue weighted by Crippen LogP contribution is 2.40. The lowest BCUT2D eigenvalue weighted by atomic mass is 10.1. The Morgan fingerprint density at radius 3 is 1.06 bits per heavy atom. The number of nitrogens with zero attached hydrogens (tertiary/aromatic N) is 14. The molecular formula is C60H55ClN14S2. The quantitative estimate of drug-likeness (QED) is 0.0995. The average molecular weight is 1070 g/mol. The van der Waals surface area contributed by atoms with Crippen molar-refractivity contribution in [3.63, 3.8) is 0 Å². The summed E-state index contributed by atoms with van der Waals surface area (Å²) in [5.41, 5.74) is 9.76. The predicted molar refractivity (Wildman–Crippen MR) is 316 cm³/mol. The number of hydrogen-bond donors (Lipinski definition) is 0. The van der Waals surface area contributed by atoms with E-state index < -0.39 is 0 Å². The molecule has 14 nitrogen and oxygen atoms in total. The standard InChI is InChI=1S/C32H29N7S.C28H26ClN7S/c1-23-9-11-24(12-10-23)33-34-25-13-15-26(16-14-25)35-36-29-17-18-30(28-8-4-3-7-27(28)29)37-38-31-19-20-32(40-31)39-21-5-2-6-22-39;1-20-5-7-21(8-6-20)30-31-22-9-11-23(12-10-22)32-34-26-14-13-24(19-25(26)29)33-35-27-15-16-28(37-27)36-17-3-2-4-18-36/h3-4,7-20H,2,5-6,21-22H2,1H3;5-16,19H,2-4,17-18H2,1H3. The monoisotopic (exact) mass is 1070 g/mol. The van der Waals surface area contributed by atoms with Gasteiger partial charge in [-0.1, -0.05) is 93.9 Å². The van der Waals surface area contributed by atoms with Crippen molar-refractivity contribution in [2.75, 3.05) is 36.0 Å². The second-order valence-corrected chi connectivity index (χ2v) is 21.0. The Balaban J connectivity index is 0.000000175. The maximum atomic E-state index is 6.43. The van der Waals surface area contributed by atoms with Crippen molar-refractivity contribution in [3.8, 4) is 0 Å². The van der Waals surface area contributed by atoms with Gasteiger partial charge in [0, 0.05) is 37.0 Å². The molecule has 11 rings (SSSR count). The summed E-state index contributed by atoms with van der Waals surface area (Å²) >= 11 is 9.79. The van der Waals surface area contributed by atoms with E-state index in [-0.39, 0.29) is 0 Å². The zero-order chi connectivity index (χ0) is 52.6. The summed E-state index contributed by atoms with van der Waals surface area (Å²) in [6.45, 7) is 8.58. The maximum Gasteiger partial charge on any atom is 0.140 e. The molecule has 0 atom stereocenters. The SMILES string of the molecule is Cc1ccc(N=Nc2ccc(N=Nc3ccc(N=Nc4ccc(N5CCCCC5)s4)c4ccccc34)cc2)cc1.Cc1ccc(N=Nc2ccc(N=Nc3ccc(N=Nc4ccc(N5CCCCC5)s4)cc3Cl)cc2)cc1. The highest BCUT2D eigenvalue weighted by Gasteiger charge is 2.15. The van der Waals surface area contributed by atoms with Crippen LogP contribution in [-0.2, 0) is 0 Å². The third kappa shape index (κ3) is 14.8. The molecule has 2 fully saturated rings. The molecule has 2 aromatic heterocycles. The second kappa shape index (κ2) is 26.0. The fourth-order valence-electron chi connectivity index (χ4n) is 8.45. The largest absolute Gasteiger partial charge is 0.363 e. The number of hydrogen-bond acceptors (Lipinski definition) is 16. The third-order valence-corrected chi connectivity index (χ3v) is 15.1. The number of benzene rings is 7. The first kappa shape index (κ1) is 52.1. The average Bonchev–Trinajstić information content (AvgIpc) is 4.17. The maximum absolute atomic E-state index is 6.43. The van der Waals surface area contributed by atoms with E-state index in [0.29, 0.717) is 22.1 Å². The van der Waals surface area contributed by atoms with E-state index in [9.17, 15) is 0 Å². The molecule has 2 aliphatic rings. The Morgan fingerprint density at radius 2 is 0.649 bits per heavy atom. The van der Waals surface area contributed by atoms with Gasteiger partial charge >= 0.3 is 0 Å². The van der Waals surface area contributed by atoms with E-state index in [2.05, 4.69) is 89.4 Å². The first-order chi connectivity index (χ1) is 37.8. The summed E-state index contributed by atoms with van der Waals surface area (Å²) in [5, 5.41) is 59.3. The number of anilines is 2. The molecule has 0 spiro atoms. The number of thiophene rings is 2. The molecule has 0 aliphatic carbocycles. The smallest absolute Gasteiger partial charge is 0.140 e. The molecule has 77 heavy (non-hydrogen) atoms. The van der Waals surface area contributed by atoms with Gasteiger partial charge in [-0.05, 0) is 180 Å². The van der Waals surface area contributed by atoms with Gasteiger partial charge in [-0.15, -0.1) is 30.7 Å². The van der Waals surface area contributed by atoms with Crippen LogP contribution >= 0.6 is 34.3 Å². The van der Waals surface area contributed by atoms with Gasteiger partial charge in [0.2, 0.25) is 0 Å². The van der Waals surface area contributed by atoms with Crippen LogP contribution in [0.25, 0.3) is 10.8 Å². The number of halogens is 1. The molecule has 0 bridgehead atoms. The Bertz CT molecular complexity index is 3570. The first-order valence-electron chi connectivity index (χ1n) is 25.7. The van der Waals surface area contributed by atoms with E-state index in [1.54, 1.807) is 34.8 Å². The molecule has 2 saturated heterocycles. The topological polar surface area (TPSA) is 155 Å². The Hall–Kier alpha value is -8.31. The molecular weight excluding hydrogens is 1020 g/mol. The lowest BCUT2D eigenvalue weighted by molar-refractivity contribution is 0.580. The fourth-order valence-corrected chi connectivity index (χ4v) is 10.4. The molecule has 2 aliphatic heterocycles. The van der Waals surface area contributed by atoms with E-state index in [0.717, 1.165) is 86.8 Å². The number of azo groups is 6. The minimum Gasteiger partial charge on any atom is -0.363 e. The summed E-state index contributed by atoms with van der Waals surface area (Å²) in [6.07, 6.45) is 7.67. The molecule has 17 heteroatoms. The van der Waals surface area contributed by atoms with Crippen LogP contribution in [0.5, 0.6) is 0 Å². The second-order valence-electron chi connectivity index (χ2n) is 18.5. The van der Waals surface area contributed by atoms with E-state index in [4.69, 9.17) is 11.6 Å². The number of aryl methyl sites for hydroxylation is 2. The van der Waals surface area contributed by atoms with Crippen LogP contribution in [0.15, 0.2) is 237 Å². The molecule has 9 aromatic rings. The molecule has 0 radical (unpaired) electrons. The zero-order valence-electron chi connectivity index (χ0n) is 42.8. The van der Waals surface area contributed by atoms with E-state index in [1.165, 1.54) is 59.7 Å². The Labute approximate surface area is 461 Å². The van der Waals surface area contributed by atoms with Gasteiger partial charge in [0.05, 0.1) is 66.2 Å². The molecule has 7 aromatic carbocycles. The van der Waals surface area contributed by atoms with Gasteiger partial charge in [-0.25, -0.2) is 0 Å². The number of rotatable bonds is 14. The molecule has 0 N–H and O–H groups in total. The molecule has 4 heterocycles. The van der Waals surface area contributed by atoms with Gasteiger partial charge in [-0.2, -0.15) is 30.7 Å². The predicted octanol–water partition coefficient (Wildman–Crippen LogP) is 22.4. The van der Waals surface area contributed by atoms with Crippen LogP contribution in [0.4, 0.5) is 76.9 Å². The minimum atomic E-state index is 0.462. The van der Waals surface area contributed by atoms with Crippen molar-refractivity contribution in [2.24, 2.45) is 61.4 Å². The molecule has 384 valence electrons. The van der Waals surface area contributed by atoms with Gasteiger partial charge in [0.1, 0.15) is 15.7 Å². The van der Waals surface area contributed by atoms with Crippen LogP contribution in [0.1, 0.15) is 49.7 Å². The van der Waals surface area contributed by atoms with Crippen LogP contribution in [0, 0.1) is 13.8 Å². The van der Waals surface area contributed by atoms with Gasteiger partial charge in [0.15, 0.2) is 0 Å². The molecule has 0 amide bonds. The molecule has 0 unspecified atom stereocenters. The van der Waals surface area contributed by atoms with Gasteiger partial charge in [-0.3, -0.25) is 0 Å². The fraction of sp³-hybridized carbons (Fsp3) is 0.200. The summed E-state index contributed by atoms with van der Waals surface area (Å²) in [4.78, 5) is 4.87. The van der Waals surface area contributed by atoms with Crippen LogP contribution < -0.4 is 9.80 Å². The van der Waals surface area contributed by atoms with Crippen molar-refractivity contribution < 1.29 is 0 Å². The first-order valence-corrected chi connectivity index (χ1v) is 27.7. The molecule has 0 saturated carbocycles. The third-order valence-electron chi connectivity index (χ3n) is 12.7. The van der Waals surface area contributed by atoms with Crippen LogP contribution in [-0.4, -0.2) is 26.2 Å². The summed E-state index contributed by atoms with van der Waals surface area (Å²) in [5.74, 6) is 0. The van der Waals surface area contributed by atoms with Crippen molar-refractivity contribution in [3.05, 3.63) is 192 Å². The summed E-state index contributed by atoms with van der Waals surface area (Å²) in [6, 6.07) is 56.4. The van der Waals surface area contributed by atoms with Gasteiger partial charge in [0.25, 0.3) is 0 Å². The van der Waals surface area contributed by atoms with Crippen LogP contribution in [0.3, 0.4) is 0 Å². The summed E-state index contributed by atoms with van der Waals surface area (Å²) in [7, 11) is 0. The van der Waals surface area contributed by atoms with Crippen molar-refractivity contribution >= 4 is 122 Å². The minimum absolute atomic E-state index is 0.462.